The fourth-order valence-electron chi connectivity index (χ4n) is 1.92. The summed E-state index contributed by atoms with van der Waals surface area (Å²) in [6, 6.07) is 0. The molecule has 0 bridgehead atoms. The lowest BCUT2D eigenvalue weighted by molar-refractivity contribution is 0.0504. The van der Waals surface area contributed by atoms with Gasteiger partial charge in [0, 0.05) is 6.61 Å². The molecule has 2 N–H and O–H groups in total. The predicted molar refractivity (Wildman–Crippen MR) is 80.5 cm³/mol. The molecule has 0 radical (unpaired) electrons. The maximum absolute atomic E-state index is 10.8. The molecule has 116 valence electrons. The van der Waals surface area contributed by atoms with Crippen molar-refractivity contribution >= 4 is 10.0 Å². The summed E-state index contributed by atoms with van der Waals surface area (Å²) >= 11 is 0. The van der Waals surface area contributed by atoms with Crippen molar-refractivity contribution in [1.82, 2.24) is 0 Å². The molecule has 0 spiro atoms. The smallest absolute Gasteiger partial charge is 0.209 e. The lowest BCUT2D eigenvalue weighted by atomic mass is 10.1. The lowest BCUT2D eigenvalue weighted by Crippen LogP contribution is -2.19. The van der Waals surface area contributed by atoms with E-state index in [0.29, 0.717) is 25.0 Å². The Labute approximate surface area is 119 Å². The van der Waals surface area contributed by atoms with Crippen molar-refractivity contribution in [2.24, 2.45) is 11.1 Å². The van der Waals surface area contributed by atoms with Gasteiger partial charge in [-0.2, -0.15) is 0 Å². The molecule has 0 rings (SSSR count). The van der Waals surface area contributed by atoms with Crippen molar-refractivity contribution in [2.45, 2.75) is 71.8 Å². The lowest BCUT2D eigenvalue weighted by Gasteiger charge is -2.15. The van der Waals surface area contributed by atoms with Crippen molar-refractivity contribution in [3.8, 4) is 0 Å². The second-order valence-corrected chi connectivity index (χ2v) is 7.31. The van der Waals surface area contributed by atoms with Crippen LogP contribution in [0.2, 0.25) is 0 Å². The van der Waals surface area contributed by atoms with E-state index in [4.69, 9.17) is 9.88 Å². The highest BCUT2D eigenvalue weighted by Gasteiger charge is 2.09. The van der Waals surface area contributed by atoms with Gasteiger partial charge in [-0.25, -0.2) is 13.6 Å². The normalized spacial score (nSPS) is 15.4. The third-order valence-electron chi connectivity index (χ3n) is 3.37. The molecule has 0 saturated heterocycles. The molecule has 0 aromatic heterocycles. The van der Waals surface area contributed by atoms with Crippen LogP contribution in [0.5, 0.6) is 0 Å². The fraction of sp³-hybridized carbons (Fsp3) is 1.00. The molecule has 2 unspecified atom stereocenters. The van der Waals surface area contributed by atoms with E-state index in [-0.39, 0.29) is 5.75 Å². The van der Waals surface area contributed by atoms with Crippen molar-refractivity contribution in [3.05, 3.63) is 0 Å². The molecule has 0 fully saturated rings. The highest BCUT2D eigenvalue weighted by atomic mass is 32.2. The van der Waals surface area contributed by atoms with Crippen molar-refractivity contribution in [3.63, 3.8) is 0 Å². The summed E-state index contributed by atoms with van der Waals surface area (Å²) < 4.78 is 27.4. The summed E-state index contributed by atoms with van der Waals surface area (Å²) in [5, 5.41) is 4.98. The molecule has 0 aliphatic heterocycles. The van der Waals surface area contributed by atoms with E-state index in [1.165, 1.54) is 25.7 Å². The highest BCUT2D eigenvalue weighted by molar-refractivity contribution is 7.89. The number of ether oxygens (including phenoxy) is 1. The van der Waals surface area contributed by atoms with Gasteiger partial charge in [0.2, 0.25) is 10.0 Å². The monoisotopic (exact) mass is 293 g/mol. The molecule has 19 heavy (non-hydrogen) atoms. The predicted octanol–water partition coefficient (Wildman–Crippen LogP) is 3.07. The molecule has 2 atom stereocenters. The number of hydrogen-bond acceptors (Lipinski definition) is 3. The van der Waals surface area contributed by atoms with Gasteiger partial charge >= 0.3 is 0 Å². The maximum Gasteiger partial charge on any atom is 0.209 e. The van der Waals surface area contributed by atoms with Gasteiger partial charge < -0.3 is 4.74 Å². The van der Waals surface area contributed by atoms with Crippen LogP contribution in [0, 0.1) is 5.92 Å². The number of hydrogen-bond donors (Lipinski definition) is 1. The molecule has 0 aromatic rings. The van der Waals surface area contributed by atoms with Crippen molar-refractivity contribution in [1.29, 1.82) is 0 Å². The highest BCUT2D eigenvalue weighted by Crippen LogP contribution is 2.12. The largest absolute Gasteiger partial charge is 0.379 e. The van der Waals surface area contributed by atoms with E-state index in [0.717, 1.165) is 12.8 Å². The van der Waals surface area contributed by atoms with Crippen LogP contribution in [0.15, 0.2) is 0 Å². The summed E-state index contributed by atoms with van der Waals surface area (Å²) in [5.74, 6) is 0.409. The van der Waals surface area contributed by atoms with Crippen molar-refractivity contribution < 1.29 is 13.2 Å². The first kappa shape index (κ1) is 18.9. The standard InChI is InChI=1S/C14H31NO3S/c1-4-5-6-7-8-14(3)18-11-9-13(2)10-12-19(15,16)17/h13-14H,4-12H2,1-3H3,(H2,15,16,17). The van der Waals surface area contributed by atoms with Crippen LogP contribution in [-0.4, -0.2) is 26.9 Å². The second-order valence-electron chi connectivity index (χ2n) is 5.58. The molecular formula is C14H31NO3S. The van der Waals surface area contributed by atoms with E-state index in [1.807, 2.05) is 6.92 Å². The van der Waals surface area contributed by atoms with E-state index in [1.54, 1.807) is 0 Å². The van der Waals surface area contributed by atoms with Crippen LogP contribution in [0.25, 0.3) is 0 Å². The number of sulfonamides is 1. The first-order valence-electron chi connectivity index (χ1n) is 7.47. The third kappa shape index (κ3) is 14.1. The Morgan fingerprint density at radius 3 is 2.32 bits per heavy atom. The SMILES string of the molecule is CCCCCCC(C)OCCC(C)CCS(N)(=O)=O. The van der Waals surface area contributed by atoms with Gasteiger partial charge in [-0.3, -0.25) is 0 Å². The third-order valence-corrected chi connectivity index (χ3v) is 4.18. The first-order valence-corrected chi connectivity index (χ1v) is 9.18. The van der Waals surface area contributed by atoms with Crippen LogP contribution < -0.4 is 5.14 Å². The van der Waals surface area contributed by atoms with E-state index in [2.05, 4.69) is 13.8 Å². The zero-order chi connectivity index (χ0) is 14.7. The summed E-state index contributed by atoms with van der Waals surface area (Å²) in [4.78, 5) is 0. The molecule has 4 nitrogen and oxygen atoms in total. The molecule has 0 aliphatic carbocycles. The molecule has 0 heterocycles. The van der Waals surface area contributed by atoms with Crippen molar-refractivity contribution in [2.75, 3.05) is 12.4 Å². The molecular weight excluding hydrogens is 262 g/mol. The summed E-state index contributed by atoms with van der Waals surface area (Å²) in [6.07, 6.45) is 8.02. The van der Waals surface area contributed by atoms with Crippen LogP contribution in [-0.2, 0) is 14.8 Å². The Morgan fingerprint density at radius 1 is 1.05 bits per heavy atom. The van der Waals surface area contributed by atoms with Gasteiger partial charge in [0.25, 0.3) is 0 Å². The van der Waals surface area contributed by atoms with Crippen LogP contribution in [0.3, 0.4) is 0 Å². The Morgan fingerprint density at radius 2 is 1.74 bits per heavy atom. The van der Waals surface area contributed by atoms with E-state index in [9.17, 15) is 8.42 Å². The zero-order valence-electron chi connectivity index (χ0n) is 12.7. The first-order chi connectivity index (χ1) is 8.85. The molecule has 0 amide bonds. The number of nitrogens with two attached hydrogens (primary N) is 1. The quantitative estimate of drug-likeness (QED) is 0.562. The van der Waals surface area contributed by atoms with Gasteiger partial charge in [-0.05, 0) is 32.1 Å². The van der Waals surface area contributed by atoms with Gasteiger partial charge in [0.15, 0.2) is 0 Å². The van der Waals surface area contributed by atoms with E-state index >= 15 is 0 Å². The number of rotatable bonds is 12. The average molecular weight is 293 g/mol. The fourth-order valence-corrected chi connectivity index (χ4v) is 2.65. The zero-order valence-corrected chi connectivity index (χ0v) is 13.5. The molecule has 0 aromatic carbocycles. The van der Waals surface area contributed by atoms with Gasteiger partial charge in [-0.1, -0.05) is 39.5 Å². The number of primary sulfonamides is 1. The Hall–Kier alpha value is -0.130. The summed E-state index contributed by atoms with van der Waals surface area (Å²) in [6.45, 7) is 7.07. The molecule has 0 aliphatic rings. The Bertz CT molecular complexity index is 304. The second kappa shape index (κ2) is 10.6. The van der Waals surface area contributed by atoms with Crippen LogP contribution in [0.4, 0.5) is 0 Å². The van der Waals surface area contributed by atoms with Gasteiger partial charge in [0.05, 0.1) is 11.9 Å². The van der Waals surface area contributed by atoms with Gasteiger partial charge in [-0.15, -0.1) is 0 Å². The summed E-state index contributed by atoms with van der Waals surface area (Å²) in [5.41, 5.74) is 0. The molecule has 5 heteroatoms. The maximum atomic E-state index is 10.8. The van der Waals surface area contributed by atoms with Crippen LogP contribution >= 0.6 is 0 Å². The Balaban J connectivity index is 3.50. The minimum atomic E-state index is -3.32. The molecule has 0 saturated carbocycles. The topological polar surface area (TPSA) is 69.4 Å². The van der Waals surface area contributed by atoms with Crippen LogP contribution in [0.1, 0.15) is 65.7 Å². The minimum absolute atomic E-state index is 0.0702. The minimum Gasteiger partial charge on any atom is -0.379 e. The average Bonchev–Trinajstić information content (AvgIpc) is 2.31. The number of unbranched alkanes of at least 4 members (excludes halogenated alkanes) is 3. The Kier molecular flexibility index (Phi) is 10.6. The summed E-state index contributed by atoms with van der Waals surface area (Å²) in [7, 11) is -3.32. The van der Waals surface area contributed by atoms with Gasteiger partial charge in [0.1, 0.15) is 0 Å². The van der Waals surface area contributed by atoms with E-state index < -0.39 is 10.0 Å².